The summed E-state index contributed by atoms with van der Waals surface area (Å²) in [6, 6.07) is 27.6. The molecule has 4 aromatic rings. The third-order valence-corrected chi connectivity index (χ3v) is 8.48. The molecule has 1 N–H and O–H groups in total. The van der Waals surface area contributed by atoms with Crippen LogP contribution in [0.25, 0.3) is 0 Å². The fraction of sp³-hybridized carbons (Fsp3) is 0.133. The highest BCUT2D eigenvalue weighted by atomic mass is 79.9. The van der Waals surface area contributed by atoms with Crippen molar-refractivity contribution in [3.05, 3.63) is 118 Å². The average Bonchev–Trinajstić information content (AvgIpc) is 2.96. The zero-order valence-corrected chi connectivity index (χ0v) is 24.7. The third kappa shape index (κ3) is 6.70. The van der Waals surface area contributed by atoms with E-state index in [0.29, 0.717) is 5.75 Å². The number of amides is 1. The summed E-state index contributed by atoms with van der Waals surface area (Å²) < 4.78 is 35.2. The first-order chi connectivity index (χ1) is 19.2. The summed E-state index contributed by atoms with van der Waals surface area (Å²) >= 11 is 3.54. The maximum atomic E-state index is 13.9. The Morgan fingerprint density at radius 1 is 0.925 bits per heavy atom. The molecule has 40 heavy (non-hydrogen) atoms. The van der Waals surface area contributed by atoms with Crippen LogP contribution in [0.2, 0.25) is 0 Å². The molecule has 4 rings (SSSR count). The Bertz CT molecular complexity index is 1610. The molecule has 8 nitrogen and oxygen atoms in total. The van der Waals surface area contributed by atoms with Crippen LogP contribution in [0.1, 0.15) is 21.5 Å². The van der Waals surface area contributed by atoms with E-state index in [0.717, 1.165) is 21.3 Å². The first-order valence-corrected chi connectivity index (χ1v) is 14.5. The minimum atomic E-state index is -4.06. The molecule has 0 spiro atoms. The van der Waals surface area contributed by atoms with E-state index in [-0.39, 0.29) is 22.7 Å². The second-order valence-electron chi connectivity index (χ2n) is 8.99. The van der Waals surface area contributed by atoms with E-state index < -0.39 is 15.9 Å². The number of sulfonamides is 1. The van der Waals surface area contributed by atoms with Gasteiger partial charge in [-0.05, 0) is 75.6 Å². The van der Waals surface area contributed by atoms with Crippen molar-refractivity contribution in [2.24, 2.45) is 5.10 Å². The molecule has 0 unspecified atom stereocenters. The van der Waals surface area contributed by atoms with Crippen molar-refractivity contribution in [3.63, 3.8) is 0 Å². The lowest BCUT2D eigenvalue weighted by Crippen LogP contribution is -2.33. The molecule has 4 aromatic carbocycles. The van der Waals surface area contributed by atoms with Crippen LogP contribution in [0.5, 0.6) is 5.75 Å². The van der Waals surface area contributed by atoms with Crippen LogP contribution in [0.3, 0.4) is 0 Å². The maximum absolute atomic E-state index is 13.9. The van der Waals surface area contributed by atoms with Gasteiger partial charge in [0.1, 0.15) is 5.75 Å². The molecule has 0 heterocycles. The molecular weight excluding hydrogens is 592 g/mol. The van der Waals surface area contributed by atoms with Crippen molar-refractivity contribution in [1.82, 2.24) is 5.43 Å². The lowest BCUT2D eigenvalue weighted by atomic mass is 10.1. The van der Waals surface area contributed by atoms with Crippen molar-refractivity contribution < 1.29 is 17.9 Å². The number of hydrogen-bond donors (Lipinski definition) is 1. The number of rotatable bonds is 10. The van der Waals surface area contributed by atoms with Crippen molar-refractivity contribution in [2.45, 2.75) is 11.4 Å². The summed E-state index contributed by atoms with van der Waals surface area (Å²) in [6.45, 7) is 0.0228. The molecule has 0 aliphatic rings. The predicted molar refractivity (Wildman–Crippen MR) is 163 cm³/mol. The van der Waals surface area contributed by atoms with Gasteiger partial charge in [0.25, 0.3) is 15.9 Å². The van der Waals surface area contributed by atoms with Crippen LogP contribution in [-0.2, 0) is 16.6 Å². The van der Waals surface area contributed by atoms with Crippen LogP contribution < -0.4 is 19.4 Å². The van der Waals surface area contributed by atoms with Crippen molar-refractivity contribution in [2.75, 3.05) is 30.4 Å². The standard InChI is InChI=1S/C30H29BrN4O4S/c1-34(2)29-18-13-23(19-27(29)31)20-32-33-30(36)26-11-7-8-12-28(26)35(21-22-9-5-4-6-10-22)40(37,38)25-16-14-24(39-3)15-17-25/h4-20H,21H2,1-3H3,(H,33,36)/b32-20-. The van der Waals surface area contributed by atoms with Crippen molar-refractivity contribution >= 4 is 49.4 Å². The number of ether oxygens (including phenoxy) is 1. The van der Waals surface area contributed by atoms with Crippen LogP contribution in [0.15, 0.2) is 112 Å². The van der Waals surface area contributed by atoms with Crippen molar-refractivity contribution in [3.8, 4) is 5.75 Å². The number of carbonyl (C=O) groups excluding carboxylic acids is 1. The summed E-state index contributed by atoms with van der Waals surface area (Å²) in [5.74, 6) is -0.00611. The second-order valence-corrected chi connectivity index (χ2v) is 11.7. The molecule has 0 aliphatic heterocycles. The third-order valence-electron chi connectivity index (χ3n) is 6.07. The van der Waals surface area contributed by atoms with E-state index in [4.69, 9.17) is 4.74 Å². The number of benzene rings is 4. The van der Waals surface area contributed by atoms with Gasteiger partial charge in [0.2, 0.25) is 0 Å². The van der Waals surface area contributed by atoms with Crippen LogP contribution in [0, 0.1) is 0 Å². The largest absolute Gasteiger partial charge is 0.497 e. The SMILES string of the molecule is COc1ccc(S(=O)(=O)N(Cc2ccccc2)c2ccccc2C(=O)N/N=C\c2ccc(N(C)C)c(Br)c2)cc1. The molecule has 1 amide bonds. The Kier molecular flexibility index (Phi) is 9.23. The van der Waals surface area contributed by atoms with Gasteiger partial charge in [-0.2, -0.15) is 5.10 Å². The molecule has 0 saturated carbocycles. The molecule has 0 aromatic heterocycles. The number of carbonyl (C=O) groups is 1. The summed E-state index contributed by atoms with van der Waals surface area (Å²) in [6.07, 6.45) is 1.53. The summed E-state index contributed by atoms with van der Waals surface area (Å²) in [5.41, 5.74) is 5.48. The summed E-state index contributed by atoms with van der Waals surface area (Å²) in [5, 5.41) is 4.12. The molecule has 0 radical (unpaired) electrons. The van der Waals surface area contributed by atoms with Gasteiger partial charge >= 0.3 is 0 Å². The van der Waals surface area contributed by atoms with Crippen LogP contribution in [-0.4, -0.2) is 41.7 Å². The molecule has 0 saturated heterocycles. The molecule has 10 heteroatoms. The van der Waals surface area contributed by atoms with Crippen LogP contribution in [0.4, 0.5) is 11.4 Å². The molecule has 0 atom stereocenters. The zero-order valence-electron chi connectivity index (χ0n) is 22.3. The van der Waals surface area contributed by atoms with Gasteiger partial charge in [-0.1, -0.05) is 48.5 Å². The normalized spacial score (nSPS) is 11.3. The van der Waals surface area contributed by atoms with E-state index in [1.807, 2.05) is 67.5 Å². The number of halogens is 1. The Morgan fingerprint density at radius 2 is 1.60 bits per heavy atom. The van der Waals surface area contributed by atoms with Gasteiger partial charge in [-0.15, -0.1) is 0 Å². The monoisotopic (exact) mass is 620 g/mol. The number of hydrazone groups is 1. The number of anilines is 2. The number of methoxy groups -OCH3 is 1. The molecule has 206 valence electrons. The van der Waals surface area contributed by atoms with E-state index >= 15 is 0 Å². The first-order valence-electron chi connectivity index (χ1n) is 12.3. The van der Waals surface area contributed by atoms with Gasteiger partial charge in [0.05, 0.1) is 41.7 Å². The van der Waals surface area contributed by atoms with Crippen molar-refractivity contribution in [1.29, 1.82) is 0 Å². The van der Waals surface area contributed by atoms with E-state index in [9.17, 15) is 13.2 Å². The van der Waals surface area contributed by atoms with E-state index in [2.05, 4.69) is 26.5 Å². The fourth-order valence-corrected chi connectivity index (χ4v) is 6.22. The Morgan fingerprint density at radius 3 is 2.25 bits per heavy atom. The summed E-state index contributed by atoms with van der Waals surface area (Å²) in [7, 11) is 1.34. The topological polar surface area (TPSA) is 91.3 Å². The highest BCUT2D eigenvalue weighted by Crippen LogP contribution is 2.30. The number of para-hydroxylation sites is 1. The molecule has 0 aliphatic carbocycles. The second kappa shape index (κ2) is 12.8. The predicted octanol–water partition coefficient (Wildman–Crippen LogP) is 5.68. The lowest BCUT2D eigenvalue weighted by molar-refractivity contribution is 0.0955. The van der Waals surface area contributed by atoms with Gasteiger partial charge in [-0.25, -0.2) is 13.8 Å². The van der Waals surface area contributed by atoms with Gasteiger partial charge < -0.3 is 9.64 Å². The number of nitrogens with one attached hydrogen (secondary N) is 1. The molecule has 0 bridgehead atoms. The average molecular weight is 622 g/mol. The Hall–Kier alpha value is -4.15. The van der Waals surface area contributed by atoms with Gasteiger partial charge in [0, 0.05) is 18.6 Å². The first kappa shape index (κ1) is 28.8. The quantitative estimate of drug-likeness (QED) is 0.182. The Balaban J connectivity index is 1.66. The maximum Gasteiger partial charge on any atom is 0.273 e. The van der Waals surface area contributed by atoms with E-state index in [1.54, 1.807) is 36.4 Å². The highest BCUT2D eigenvalue weighted by molar-refractivity contribution is 9.10. The number of nitrogens with zero attached hydrogens (tertiary/aromatic N) is 3. The van der Waals surface area contributed by atoms with Crippen LogP contribution >= 0.6 is 15.9 Å². The lowest BCUT2D eigenvalue weighted by Gasteiger charge is -2.26. The Labute approximate surface area is 243 Å². The highest BCUT2D eigenvalue weighted by Gasteiger charge is 2.28. The van der Waals surface area contributed by atoms with Gasteiger partial charge in [-0.3, -0.25) is 9.10 Å². The minimum Gasteiger partial charge on any atom is -0.497 e. The number of hydrogen-bond acceptors (Lipinski definition) is 6. The van der Waals surface area contributed by atoms with Gasteiger partial charge in [0.15, 0.2) is 0 Å². The summed E-state index contributed by atoms with van der Waals surface area (Å²) in [4.78, 5) is 15.3. The molecular formula is C30H29BrN4O4S. The van der Waals surface area contributed by atoms with E-state index in [1.165, 1.54) is 29.8 Å². The zero-order chi connectivity index (χ0) is 28.7. The minimum absolute atomic E-state index is 0.0228. The smallest absolute Gasteiger partial charge is 0.273 e. The molecule has 0 fully saturated rings. The fourth-order valence-electron chi connectivity index (χ4n) is 4.00.